The Bertz CT molecular complexity index is 1150. The molecule has 0 amide bonds. The number of aromatic nitrogens is 4. The maximum atomic E-state index is 14.3. The van der Waals surface area contributed by atoms with Gasteiger partial charge in [-0.2, -0.15) is 10.2 Å². The number of nitrogens with zero attached hydrogens (tertiary/aromatic N) is 4. The highest BCUT2D eigenvalue weighted by Gasteiger charge is 2.14. The lowest BCUT2D eigenvalue weighted by molar-refractivity contribution is 0.415. The predicted octanol–water partition coefficient (Wildman–Crippen LogP) is 4.02. The summed E-state index contributed by atoms with van der Waals surface area (Å²) < 4.78 is 23.0. The number of halogens is 1. The number of hydrogen-bond acceptors (Lipinski definition) is 4. The third-order valence-corrected chi connectivity index (χ3v) is 5.00. The van der Waals surface area contributed by atoms with Crippen LogP contribution in [0.1, 0.15) is 16.8 Å². The van der Waals surface area contributed by atoms with Gasteiger partial charge in [-0.1, -0.05) is 12.1 Å². The van der Waals surface area contributed by atoms with E-state index in [0.29, 0.717) is 18.8 Å². The van der Waals surface area contributed by atoms with E-state index in [-0.39, 0.29) is 5.82 Å². The average molecular weight is 405 g/mol. The lowest BCUT2D eigenvalue weighted by atomic mass is 10.1. The van der Waals surface area contributed by atoms with Crippen LogP contribution in [-0.2, 0) is 20.1 Å². The van der Waals surface area contributed by atoms with Crippen LogP contribution in [0.15, 0.2) is 60.9 Å². The van der Waals surface area contributed by atoms with Crippen molar-refractivity contribution in [1.82, 2.24) is 24.9 Å². The largest absolute Gasteiger partial charge is 0.497 e. The van der Waals surface area contributed by atoms with Crippen LogP contribution in [0.2, 0.25) is 0 Å². The van der Waals surface area contributed by atoms with E-state index in [1.165, 1.54) is 6.07 Å². The molecule has 0 fully saturated rings. The van der Waals surface area contributed by atoms with Gasteiger partial charge in [0.25, 0.3) is 0 Å². The normalized spacial score (nSPS) is 11.1. The smallest absolute Gasteiger partial charge is 0.148 e. The quantitative estimate of drug-likeness (QED) is 0.505. The molecule has 0 spiro atoms. The fourth-order valence-corrected chi connectivity index (χ4v) is 3.45. The summed E-state index contributed by atoms with van der Waals surface area (Å²) in [5.74, 6) is 0.464. The molecule has 30 heavy (non-hydrogen) atoms. The van der Waals surface area contributed by atoms with Gasteiger partial charge in [-0.3, -0.25) is 4.68 Å². The van der Waals surface area contributed by atoms with E-state index in [1.807, 2.05) is 55.3 Å². The summed E-state index contributed by atoms with van der Waals surface area (Å²) >= 11 is 0. The Morgan fingerprint density at radius 3 is 2.37 bits per heavy atom. The van der Waals surface area contributed by atoms with Gasteiger partial charge in [0.2, 0.25) is 0 Å². The van der Waals surface area contributed by atoms with Crippen LogP contribution in [0.3, 0.4) is 0 Å². The van der Waals surface area contributed by atoms with E-state index in [2.05, 4.69) is 10.4 Å². The van der Waals surface area contributed by atoms with Crippen molar-refractivity contribution in [3.05, 3.63) is 83.6 Å². The fourth-order valence-electron chi connectivity index (χ4n) is 3.45. The van der Waals surface area contributed by atoms with Crippen LogP contribution < -0.4 is 10.1 Å². The molecule has 0 unspecified atom stereocenters. The summed E-state index contributed by atoms with van der Waals surface area (Å²) in [6, 6.07) is 14.3. The minimum atomic E-state index is -0.313. The summed E-state index contributed by atoms with van der Waals surface area (Å²) in [5.41, 5.74) is 5.29. The van der Waals surface area contributed by atoms with Crippen LogP contribution in [0.5, 0.6) is 5.75 Å². The molecule has 1 N–H and O–H groups in total. The first-order valence-corrected chi connectivity index (χ1v) is 9.73. The number of para-hydroxylation sites is 1. The Labute approximate surface area is 174 Å². The molecule has 0 radical (unpaired) electrons. The summed E-state index contributed by atoms with van der Waals surface area (Å²) in [5, 5.41) is 12.5. The molecule has 0 bridgehead atoms. The maximum Gasteiger partial charge on any atom is 0.148 e. The SMILES string of the molecule is COc1ccc(-c2nn(-c3ccccc3F)cc2CNCc2cn(C)nc2C)cc1. The first-order chi connectivity index (χ1) is 14.5. The number of nitrogens with one attached hydrogen (secondary N) is 1. The topological polar surface area (TPSA) is 56.9 Å². The molecule has 154 valence electrons. The molecule has 7 heteroatoms. The maximum absolute atomic E-state index is 14.3. The molecule has 0 aliphatic carbocycles. The second-order valence-corrected chi connectivity index (χ2v) is 7.14. The van der Waals surface area contributed by atoms with E-state index < -0.39 is 0 Å². The molecule has 0 aliphatic rings. The van der Waals surface area contributed by atoms with E-state index in [9.17, 15) is 4.39 Å². The molecule has 2 aromatic heterocycles. The molecule has 2 aromatic carbocycles. The Kier molecular flexibility index (Phi) is 5.63. The number of methoxy groups -OCH3 is 1. The molecule has 4 aromatic rings. The van der Waals surface area contributed by atoms with Crippen molar-refractivity contribution in [1.29, 1.82) is 0 Å². The van der Waals surface area contributed by atoms with Gasteiger partial charge in [0.15, 0.2) is 0 Å². The minimum absolute atomic E-state index is 0.313. The zero-order valence-electron chi connectivity index (χ0n) is 17.3. The number of benzene rings is 2. The van der Waals surface area contributed by atoms with E-state index >= 15 is 0 Å². The Balaban J connectivity index is 1.64. The molecule has 2 heterocycles. The average Bonchev–Trinajstić information content (AvgIpc) is 3.31. The number of ether oxygens (including phenoxy) is 1. The monoisotopic (exact) mass is 405 g/mol. The standard InChI is InChI=1S/C23H24FN5O/c1-16-18(14-28(2)26-16)12-25-13-19-15-29(22-7-5-4-6-21(22)24)27-23(19)17-8-10-20(30-3)11-9-17/h4-11,14-15,25H,12-13H2,1-3H3. The van der Waals surface area contributed by atoms with Gasteiger partial charge >= 0.3 is 0 Å². The van der Waals surface area contributed by atoms with Gasteiger partial charge in [-0.15, -0.1) is 0 Å². The Morgan fingerprint density at radius 2 is 1.70 bits per heavy atom. The first-order valence-electron chi connectivity index (χ1n) is 9.73. The second-order valence-electron chi connectivity index (χ2n) is 7.14. The van der Waals surface area contributed by atoms with Crippen LogP contribution in [-0.4, -0.2) is 26.7 Å². The van der Waals surface area contributed by atoms with Gasteiger partial charge in [-0.05, 0) is 43.3 Å². The van der Waals surface area contributed by atoms with Crippen molar-refractivity contribution in [3.63, 3.8) is 0 Å². The van der Waals surface area contributed by atoms with Gasteiger partial charge in [0.05, 0.1) is 18.5 Å². The van der Waals surface area contributed by atoms with Crippen LogP contribution in [0.4, 0.5) is 4.39 Å². The van der Waals surface area contributed by atoms with Crippen molar-refractivity contribution in [2.45, 2.75) is 20.0 Å². The second kappa shape index (κ2) is 8.51. The lowest BCUT2D eigenvalue weighted by Gasteiger charge is -2.06. The summed E-state index contributed by atoms with van der Waals surface area (Å²) in [6.45, 7) is 3.27. The molecule has 0 saturated carbocycles. The van der Waals surface area contributed by atoms with Crippen LogP contribution in [0, 0.1) is 12.7 Å². The number of hydrogen-bond donors (Lipinski definition) is 1. The van der Waals surface area contributed by atoms with Gasteiger partial charge in [-0.25, -0.2) is 9.07 Å². The molecule has 0 aliphatic heterocycles. The van der Waals surface area contributed by atoms with E-state index in [4.69, 9.17) is 9.84 Å². The highest BCUT2D eigenvalue weighted by Crippen LogP contribution is 2.26. The van der Waals surface area contributed by atoms with Crippen molar-refractivity contribution < 1.29 is 9.13 Å². The van der Waals surface area contributed by atoms with E-state index in [0.717, 1.165) is 33.8 Å². The van der Waals surface area contributed by atoms with Gasteiger partial charge < -0.3 is 10.1 Å². The molecule has 4 rings (SSSR count). The van der Waals surface area contributed by atoms with E-state index in [1.54, 1.807) is 30.0 Å². The summed E-state index contributed by atoms with van der Waals surface area (Å²) in [7, 11) is 3.55. The van der Waals surface area contributed by atoms with Crippen molar-refractivity contribution in [2.75, 3.05) is 7.11 Å². The van der Waals surface area contributed by atoms with Crippen molar-refractivity contribution in [2.24, 2.45) is 7.05 Å². The molecule has 0 atom stereocenters. The van der Waals surface area contributed by atoms with Gasteiger partial charge in [0, 0.05) is 49.2 Å². The fraction of sp³-hybridized carbons (Fsp3) is 0.217. The van der Waals surface area contributed by atoms with Crippen LogP contribution >= 0.6 is 0 Å². The molecule has 0 saturated heterocycles. The Morgan fingerprint density at radius 1 is 0.967 bits per heavy atom. The zero-order valence-corrected chi connectivity index (χ0v) is 17.3. The molecular weight excluding hydrogens is 381 g/mol. The van der Waals surface area contributed by atoms with Gasteiger partial charge in [0.1, 0.15) is 17.3 Å². The first kappa shape index (κ1) is 19.8. The predicted molar refractivity (Wildman–Crippen MR) is 114 cm³/mol. The molecular formula is C23H24FN5O. The number of rotatable bonds is 7. The highest BCUT2D eigenvalue weighted by atomic mass is 19.1. The lowest BCUT2D eigenvalue weighted by Crippen LogP contribution is -2.13. The minimum Gasteiger partial charge on any atom is -0.497 e. The highest BCUT2D eigenvalue weighted by molar-refractivity contribution is 5.64. The third-order valence-electron chi connectivity index (χ3n) is 5.00. The van der Waals surface area contributed by atoms with Crippen molar-refractivity contribution >= 4 is 0 Å². The Hall–Kier alpha value is -3.45. The van der Waals surface area contributed by atoms with Crippen LogP contribution in [0.25, 0.3) is 16.9 Å². The summed E-state index contributed by atoms with van der Waals surface area (Å²) in [4.78, 5) is 0. The number of aryl methyl sites for hydroxylation is 2. The summed E-state index contributed by atoms with van der Waals surface area (Å²) in [6.07, 6.45) is 3.89. The molecule has 6 nitrogen and oxygen atoms in total. The zero-order chi connectivity index (χ0) is 21.1. The van der Waals surface area contributed by atoms with Crippen molar-refractivity contribution in [3.8, 4) is 22.7 Å². The third kappa shape index (κ3) is 4.11.